The van der Waals surface area contributed by atoms with Crippen LogP contribution < -0.4 is 10.6 Å². The lowest BCUT2D eigenvalue weighted by molar-refractivity contribution is -0.135. The van der Waals surface area contributed by atoms with Crippen molar-refractivity contribution >= 4 is 29.3 Å². The Morgan fingerprint density at radius 3 is 2.60 bits per heavy atom. The van der Waals surface area contributed by atoms with Gasteiger partial charge in [-0.2, -0.15) is 0 Å². The van der Waals surface area contributed by atoms with Gasteiger partial charge in [0.15, 0.2) is 0 Å². The first kappa shape index (κ1) is 16.9. The minimum atomic E-state index is -0.220. The van der Waals surface area contributed by atoms with Crippen LogP contribution in [-0.2, 0) is 9.59 Å². The number of fused-ring (bicyclic) bond motifs is 1. The zero-order valence-corrected chi connectivity index (χ0v) is 15.4. The molecule has 25 heavy (non-hydrogen) atoms. The summed E-state index contributed by atoms with van der Waals surface area (Å²) in [4.78, 5) is 30.2. The average molecular weight is 359 g/mol. The molecule has 4 unspecified atom stereocenters. The van der Waals surface area contributed by atoms with Crippen LogP contribution in [0.1, 0.15) is 19.3 Å². The van der Waals surface area contributed by atoms with E-state index in [4.69, 9.17) is 5.73 Å². The van der Waals surface area contributed by atoms with Crippen LogP contribution in [0.4, 0.5) is 5.69 Å². The Morgan fingerprint density at radius 1 is 1.16 bits per heavy atom. The first-order valence-corrected chi connectivity index (χ1v) is 10.3. The Balaban J connectivity index is 1.42. The molecule has 0 aromatic heterocycles. The number of likely N-dealkylation sites (tertiary alicyclic amines) is 1. The number of hydrogen-bond donors (Lipinski definition) is 1. The summed E-state index contributed by atoms with van der Waals surface area (Å²) in [6.45, 7) is 2.09. The van der Waals surface area contributed by atoms with Crippen molar-refractivity contribution in [1.82, 2.24) is 4.90 Å². The summed E-state index contributed by atoms with van der Waals surface area (Å²) in [5.74, 6) is 0.981. The van der Waals surface area contributed by atoms with Gasteiger partial charge in [-0.3, -0.25) is 9.59 Å². The molecule has 5 nitrogen and oxygen atoms in total. The third kappa shape index (κ3) is 3.06. The smallest absolute Gasteiger partial charge is 0.228 e. The average Bonchev–Trinajstić information content (AvgIpc) is 3.31. The Kier molecular flexibility index (Phi) is 4.50. The van der Waals surface area contributed by atoms with Gasteiger partial charge < -0.3 is 15.5 Å². The fraction of sp³-hybridized carbons (Fsp3) is 0.579. The lowest BCUT2D eigenvalue weighted by atomic mass is 9.98. The molecule has 4 rings (SSSR count). The highest BCUT2D eigenvalue weighted by molar-refractivity contribution is 7.98. The molecular weight excluding hydrogens is 334 g/mol. The van der Waals surface area contributed by atoms with Crippen LogP contribution in [0.2, 0.25) is 0 Å². The van der Waals surface area contributed by atoms with Crippen molar-refractivity contribution in [2.45, 2.75) is 30.2 Å². The lowest BCUT2D eigenvalue weighted by Gasteiger charge is -2.22. The minimum Gasteiger partial charge on any atom is -0.342 e. The highest BCUT2D eigenvalue weighted by atomic mass is 32.2. The molecule has 2 aliphatic heterocycles. The molecule has 0 radical (unpaired) electrons. The second-order valence-corrected chi connectivity index (χ2v) is 8.39. The molecule has 4 atom stereocenters. The van der Waals surface area contributed by atoms with Crippen molar-refractivity contribution in [3.63, 3.8) is 0 Å². The lowest BCUT2D eigenvalue weighted by Crippen LogP contribution is -2.38. The summed E-state index contributed by atoms with van der Waals surface area (Å²) in [5.41, 5.74) is 7.06. The van der Waals surface area contributed by atoms with Gasteiger partial charge in [0.05, 0.1) is 5.92 Å². The standard InChI is InChI=1S/C19H25N3O2S/c1-25-15-5-3-14(4-6-15)22-10-13(8-18(22)23)19(24)21-9-12-2-7-17(20)16(12)11-21/h3-6,12-13,16-17H,2,7-11,20H2,1H3. The summed E-state index contributed by atoms with van der Waals surface area (Å²) < 4.78 is 0. The van der Waals surface area contributed by atoms with Gasteiger partial charge in [0.1, 0.15) is 0 Å². The summed E-state index contributed by atoms with van der Waals surface area (Å²) >= 11 is 1.68. The monoisotopic (exact) mass is 359 g/mol. The maximum Gasteiger partial charge on any atom is 0.228 e. The quantitative estimate of drug-likeness (QED) is 0.838. The molecule has 2 amide bonds. The number of carbonyl (C=O) groups is 2. The fourth-order valence-electron chi connectivity index (χ4n) is 4.63. The number of thioether (sulfide) groups is 1. The maximum absolute atomic E-state index is 12.9. The molecule has 0 spiro atoms. The highest BCUT2D eigenvalue weighted by Gasteiger charge is 2.45. The van der Waals surface area contributed by atoms with Crippen molar-refractivity contribution in [1.29, 1.82) is 0 Å². The van der Waals surface area contributed by atoms with Crippen molar-refractivity contribution in [3.05, 3.63) is 24.3 Å². The Labute approximate surface area is 152 Å². The molecule has 1 aliphatic carbocycles. The number of benzene rings is 1. The highest BCUT2D eigenvalue weighted by Crippen LogP contribution is 2.38. The summed E-state index contributed by atoms with van der Waals surface area (Å²) in [6.07, 6.45) is 4.56. The second kappa shape index (κ2) is 6.65. The molecule has 2 heterocycles. The SMILES string of the molecule is CSc1ccc(N2CC(C(=O)N3CC4CCC(N)C4C3)CC2=O)cc1. The van der Waals surface area contributed by atoms with E-state index in [2.05, 4.69) is 0 Å². The van der Waals surface area contributed by atoms with Gasteiger partial charge >= 0.3 is 0 Å². The molecule has 1 aromatic rings. The minimum absolute atomic E-state index is 0.0475. The van der Waals surface area contributed by atoms with Crippen LogP contribution in [0.25, 0.3) is 0 Å². The summed E-state index contributed by atoms with van der Waals surface area (Å²) in [6, 6.07) is 8.21. The summed E-state index contributed by atoms with van der Waals surface area (Å²) in [5, 5.41) is 0. The van der Waals surface area contributed by atoms with E-state index in [0.717, 1.165) is 31.6 Å². The number of hydrogen-bond acceptors (Lipinski definition) is 4. The van der Waals surface area contributed by atoms with Gasteiger partial charge in [-0.25, -0.2) is 0 Å². The molecular formula is C19H25N3O2S. The van der Waals surface area contributed by atoms with Gasteiger partial charge in [-0.15, -0.1) is 11.8 Å². The van der Waals surface area contributed by atoms with Gasteiger partial charge in [-0.05, 0) is 55.2 Å². The molecule has 1 saturated carbocycles. The van der Waals surface area contributed by atoms with Crippen molar-refractivity contribution in [2.75, 3.05) is 30.8 Å². The predicted octanol–water partition coefficient (Wildman–Crippen LogP) is 1.96. The van der Waals surface area contributed by atoms with Crippen LogP contribution in [0.3, 0.4) is 0 Å². The molecule has 134 valence electrons. The van der Waals surface area contributed by atoms with Gasteiger partial charge in [-0.1, -0.05) is 0 Å². The Bertz CT molecular complexity index is 678. The normalized spacial score (nSPS) is 31.7. The third-order valence-corrected chi connectivity index (χ3v) is 6.83. The number of anilines is 1. The molecule has 0 bridgehead atoms. The van der Waals surface area contributed by atoms with Gasteiger partial charge in [0.2, 0.25) is 11.8 Å². The van der Waals surface area contributed by atoms with Gasteiger partial charge in [0, 0.05) is 42.7 Å². The Morgan fingerprint density at radius 2 is 1.92 bits per heavy atom. The van der Waals surface area contributed by atoms with Crippen molar-refractivity contribution < 1.29 is 9.59 Å². The second-order valence-electron chi connectivity index (χ2n) is 7.51. The molecule has 1 aromatic carbocycles. The largest absolute Gasteiger partial charge is 0.342 e. The van der Waals surface area contributed by atoms with Crippen LogP contribution >= 0.6 is 11.8 Å². The molecule has 6 heteroatoms. The van der Waals surface area contributed by atoms with E-state index < -0.39 is 0 Å². The number of carbonyl (C=O) groups excluding carboxylic acids is 2. The maximum atomic E-state index is 12.9. The first-order chi connectivity index (χ1) is 12.1. The van der Waals surface area contributed by atoms with Crippen LogP contribution in [0.15, 0.2) is 29.2 Å². The van der Waals surface area contributed by atoms with Crippen LogP contribution in [0.5, 0.6) is 0 Å². The topological polar surface area (TPSA) is 66.6 Å². The zero-order chi connectivity index (χ0) is 17.6. The molecule has 3 aliphatic rings. The Hall–Kier alpha value is -1.53. The fourth-order valence-corrected chi connectivity index (χ4v) is 5.04. The molecule has 3 fully saturated rings. The van der Waals surface area contributed by atoms with E-state index in [1.165, 1.54) is 4.90 Å². The van der Waals surface area contributed by atoms with Crippen molar-refractivity contribution in [2.24, 2.45) is 23.5 Å². The van der Waals surface area contributed by atoms with E-state index in [9.17, 15) is 9.59 Å². The van der Waals surface area contributed by atoms with E-state index in [1.807, 2.05) is 35.4 Å². The zero-order valence-electron chi connectivity index (χ0n) is 14.6. The molecule has 2 N–H and O–H groups in total. The van der Waals surface area contributed by atoms with E-state index in [1.54, 1.807) is 16.7 Å². The molecule has 2 saturated heterocycles. The van der Waals surface area contributed by atoms with Crippen molar-refractivity contribution in [3.8, 4) is 0 Å². The third-order valence-electron chi connectivity index (χ3n) is 6.08. The number of rotatable bonds is 3. The van der Waals surface area contributed by atoms with E-state index in [-0.39, 0.29) is 23.8 Å². The number of amides is 2. The number of nitrogens with zero attached hydrogens (tertiary/aromatic N) is 2. The van der Waals surface area contributed by atoms with Gasteiger partial charge in [0.25, 0.3) is 0 Å². The van der Waals surface area contributed by atoms with E-state index >= 15 is 0 Å². The van der Waals surface area contributed by atoms with E-state index in [0.29, 0.717) is 24.8 Å². The predicted molar refractivity (Wildman–Crippen MR) is 99.5 cm³/mol. The summed E-state index contributed by atoms with van der Waals surface area (Å²) in [7, 11) is 0. The number of nitrogens with two attached hydrogens (primary N) is 1. The van der Waals surface area contributed by atoms with Crippen LogP contribution in [-0.4, -0.2) is 48.6 Å². The van der Waals surface area contributed by atoms with Crippen LogP contribution in [0, 0.1) is 17.8 Å². The first-order valence-electron chi connectivity index (χ1n) is 9.05.